The SMILES string of the molecule is COc1ccc(CCN(C)C[C@@H](C)COC(=O)c2ccccc2)cc1OC. The van der Waals surface area contributed by atoms with E-state index in [1.54, 1.807) is 26.4 Å². The van der Waals surface area contributed by atoms with Gasteiger partial charge in [-0.3, -0.25) is 0 Å². The van der Waals surface area contributed by atoms with Gasteiger partial charge in [0.05, 0.1) is 26.4 Å². The third kappa shape index (κ3) is 6.61. The number of hydrogen-bond acceptors (Lipinski definition) is 5. The largest absolute Gasteiger partial charge is 0.493 e. The molecule has 0 fully saturated rings. The van der Waals surface area contributed by atoms with Crippen molar-refractivity contribution in [2.75, 3.05) is 41.0 Å². The van der Waals surface area contributed by atoms with E-state index >= 15 is 0 Å². The Balaban J connectivity index is 1.75. The molecule has 146 valence electrons. The molecule has 0 unspecified atom stereocenters. The molecule has 0 spiro atoms. The van der Waals surface area contributed by atoms with E-state index in [4.69, 9.17) is 14.2 Å². The van der Waals surface area contributed by atoms with Crippen LogP contribution in [0.1, 0.15) is 22.8 Å². The summed E-state index contributed by atoms with van der Waals surface area (Å²) in [6, 6.07) is 15.1. The molecule has 27 heavy (non-hydrogen) atoms. The van der Waals surface area contributed by atoms with Crippen molar-refractivity contribution in [3.63, 3.8) is 0 Å². The molecule has 0 saturated heterocycles. The maximum absolute atomic E-state index is 12.0. The summed E-state index contributed by atoms with van der Waals surface area (Å²) in [5.74, 6) is 1.48. The quantitative estimate of drug-likeness (QED) is 0.597. The molecule has 1 atom stereocenters. The first-order chi connectivity index (χ1) is 13.0. The molecular weight excluding hydrogens is 342 g/mol. The lowest BCUT2D eigenvalue weighted by molar-refractivity contribution is 0.0428. The topological polar surface area (TPSA) is 48.0 Å². The van der Waals surface area contributed by atoms with Gasteiger partial charge < -0.3 is 19.1 Å². The summed E-state index contributed by atoms with van der Waals surface area (Å²) in [5, 5.41) is 0. The van der Waals surface area contributed by atoms with Crippen molar-refractivity contribution in [1.29, 1.82) is 0 Å². The summed E-state index contributed by atoms with van der Waals surface area (Å²) >= 11 is 0. The minimum atomic E-state index is -0.268. The zero-order valence-corrected chi connectivity index (χ0v) is 16.6. The van der Waals surface area contributed by atoms with E-state index in [0.717, 1.165) is 31.0 Å². The lowest BCUT2D eigenvalue weighted by Gasteiger charge is -2.21. The summed E-state index contributed by atoms with van der Waals surface area (Å²) < 4.78 is 16.0. The van der Waals surface area contributed by atoms with Gasteiger partial charge in [0.2, 0.25) is 0 Å². The predicted molar refractivity (Wildman–Crippen MR) is 107 cm³/mol. The summed E-state index contributed by atoms with van der Waals surface area (Å²) in [5.41, 5.74) is 1.79. The number of rotatable bonds is 10. The van der Waals surface area contributed by atoms with Gasteiger partial charge in [0.1, 0.15) is 0 Å². The zero-order valence-electron chi connectivity index (χ0n) is 16.6. The van der Waals surface area contributed by atoms with Crippen LogP contribution in [0.15, 0.2) is 48.5 Å². The summed E-state index contributed by atoms with van der Waals surface area (Å²) in [6.07, 6.45) is 0.910. The average molecular weight is 371 g/mol. The van der Waals surface area contributed by atoms with E-state index in [1.807, 2.05) is 30.3 Å². The summed E-state index contributed by atoms with van der Waals surface area (Å²) in [7, 11) is 5.36. The Labute approximate surface area is 161 Å². The number of carbonyl (C=O) groups is 1. The van der Waals surface area contributed by atoms with E-state index in [1.165, 1.54) is 5.56 Å². The molecule has 0 aliphatic carbocycles. The van der Waals surface area contributed by atoms with Crippen LogP contribution in [0.2, 0.25) is 0 Å². The third-order valence-corrected chi connectivity index (χ3v) is 4.36. The predicted octanol–water partition coefficient (Wildman–Crippen LogP) is 3.67. The highest BCUT2D eigenvalue weighted by Gasteiger charge is 2.12. The number of likely N-dealkylation sites (N-methyl/N-ethyl adjacent to an activating group) is 1. The van der Waals surface area contributed by atoms with Crippen LogP contribution in [0.5, 0.6) is 11.5 Å². The summed E-state index contributed by atoms with van der Waals surface area (Å²) in [4.78, 5) is 14.2. The van der Waals surface area contributed by atoms with E-state index in [-0.39, 0.29) is 11.9 Å². The molecule has 2 aromatic carbocycles. The molecule has 0 aliphatic rings. The van der Waals surface area contributed by atoms with Crippen molar-refractivity contribution in [3.05, 3.63) is 59.7 Å². The van der Waals surface area contributed by atoms with Crippen LogP contribution in [0, 0.1) is 5.92 Å². The standard InChI is InChI=1S/C22H29NO4/c1-17(16-27-22(24)19-8-6-5-7-9-19)15-23(2)13-12-18-10-11-20(25-3)21(14-18)26-4/h5-11,14,17H,12-13,15-16H2,1-4H3/t17-/m1/s1. The van der Waals surface area contributed by atoms with Gasteiger partial charge in [-0.25, -0.2) is 4.79 Å². The fraction of sp³-hybridized carbons (Fsp3) is 0.409. The average Bonchev–Trinajstić information content (AvgIpc) is 2.70. The first kappa shape index (κ1) is 20.8. The molecule has 0 radical (unpaired) electrons. The monoisotopic (exact) mass is 371 g/mol. The fourth-order valence-electron chi connectivity index (χ4n) is 2.91. The Morgan fingerprint density at radius 1 is 1.04 bits per heavy atom. The molecule has 0 N–H and O–H groups in total. The molecule has 2 aromatic rings. The minimum Gasteiger partial charge on any atom is -0.493 e. The number of nitrogens with zero attached hydrogens (tertiary/aromatic N) is 1. The molecule has 5 heteroatoms. The fourth-order valence-corrected chi connectivity index (χ4v) is 2.91. The molecule has 2 rings (SSSR count). The highest BCUT2D eigenvalue weighted by atomic mass is 16.5. The maximum Gasteiger partial charge on any atom is 0.338 e. The van der Waals surface area contributed by atoms with Crippen LogP contribution in [-0.2, 0) is 11.2 Å². The van der Waals surface area contributed by atoms with Crippen LogP contribution in [0.4, 0.5) is 0 Å². The Kier molecular flexibility index (Phi) is 8.14. The van der Waals surface area contributed by atoms with Gasteiger partial charge in [0, 0.05) is 19.0 Å². The van der Waals surface area contributed by atoms with Crippen molar-refractivity contribution in [3.8, 4) is 11.5 Å². The van der Waals surface area contributed by atoms with E-state index in [0.29, 0.717) is 12.2 Å². The Hall–Kier alpha value is -2.53. The van der Waals surface area contributed by atoms with Crippen molar-refractivity contribution < 1.29 is 19.0 Å². The number of methoxy groups -OCH3 is 2. The third-order valence-electron chi connectivity index (χ3n) is 4.36. The minimum absolute atomic E-state index is 0.257. The van der Waals surface area contributed by atoms with Crippen molar-refractivity contribution in [2.24, 2.45) is 5.92 Å². The molecule has 0 amide bonds. The van der Waals surface area contributed by atoms with E-state index in [2.05, 4.69) is 24.9 Å². The highest BCUT2D eigenvalue weighted by molar-refractivity contribution is 5.89. The summed E-state index contributed by atoms with van der Waals surface area (Å²) in [6.45, 7) is 4.27. The number of carbonyl (C=O) groups excluding carboxylic acids is 1. The van der Waals surface area contributed by atoms with Crippen LogP contribution < -0.4 is 9.47 Å². The molecule has 0 bridgehead atoms. The lowest BCUT2D eigenvalue weighted by atomic mass is 10.1. The molecule has 0 aromatic heterocycles. The normalized spacial score (nSPS) is 11.9. The zero-order chi connectivity index (χ0) is 19.6. The van der Waals surface area contributed by atoms with E-state index in [9.17, 15) is 4.79 Å². The van der Waals surface area contributed by atoms with Gasteiger partial charge in [-0.1, -0.05) is 31.2 Å². The molecule has 0 aliphatic heterocycles. The second kappa shape index (κ2) is 10.6. The number of esters is 1. The van der Waals surface area contributed by atoms with Gasteiger partial charge in [-0.15, -0.1) is 0 Å². The van der Waals surface area contributed by atoms with Gasteiger partial charge in [-0.05, 0) is 43.3 Å². The molecule has 5 nitrogen and oxygen atoms in total. The highest BCUT2D eigenvalue weighted by Crippen LogP contribution is 2.27. The molecule has 0 saturated carbocycles. The first-order valence-corrected chi connectivity index (χ1v) is 9.15. The molecular formula is C22H29NO4. The smallest absolute Gasteiger partial charge is 0.338 e. The van der Waals surface area contributed by atoms with Gasteiger partial charge in [-0.2, -0.15) is 0 Å². The van der Waals surface area contributed by atoms with E-state index < -0.39 is 0 Å². The second-order valence-corrected chi connectivity index (χ2v) is 6.77. The maximum atomic E-state index is 12.0. The Morgan fingerprint density at radius 3 is 2.41 bits per heavy atom. The Morgan fingerprint density at radius 2 is 1.74 bits per heavy atom. The van der Waals surface area contributed by atoms with Gasteiger partial charge in [0.15, 0.2) is 11.5 Å². The van der Waals surface area contributed by atoms with Crippen LogP contribution in [-0.4, -0.2) is 51.8 Å². The van der Waals surface area contributed by atoms with Gasteiger partial charge >= 0.3 is 5.97 Å². The Bertz CT molecular complexity index is 718. The van der Waals surface area contributed by atoms with Crippen molar-refractivity contribution in [2.45, 2.75) is 13.3 Å². The first-order valence-electron chi connectivity index (χ1n) is 9.15. The van der Waals surface area contributed by atoms with Crippen molar-refractivity contribution in [1.82, 2.24) is 4.90 Å². The van der Waals surface area contributed by atoms with Gasteiger partial charge in [0.25, 0.3) is 0 Å². The number of ether oxygens (including phenoxy) is 3. The van der Waals surface area contributed by atoms with Crippen LogP contribution in [0.25, 0.3) is 0 Å². The van der Waals surface area contributed by atoms with Crippen LogP contribution in [0.3, 0.4) is 0 Å². The molecule has 0 heterocycles. The second-order valence-electron chi connectivity index (χ2n) is 6.77. The number of hydrogen-bond donors (Lipinski definition) is 0. The number of benzene rings is 2. The van der Waals surface area contributed by atoms with Crippen molar-refractivity contribution >= 4 is 5.97 Å². The lowest BCUT2D eigenvalue weighted by Crippen LogP contribution is -2.29. The van der Waals surface area contributed by atoms with Crippen LogP contribution >= 0.6 is 0 Å².